The van der Waals surface area contributed by atoms with Crippen molar-refractivity contribution in [3.05, 3.63) is 34.9 Å². The van der Waals surface area contributed by atoms with Crippen LogP contribution in [0.2, 0.25) is 0 Å². The average Bonchev–Trinajstić information content (AvgIpc) is 3.09. The molecule has 2 rings (SSSR count). The third-order valence-corrected chi connectivity index (χ3v) is 3.90. The molecular weight excluding hydrogens is 206 g/mol. The lowest BCUT2D eigenvalue weighted by Gasteiger charge is -2.22. The Balaban J connectivity index is 2.11. The van der Waals surface area contributed by atoms with Crippen LogP contribution in [0.3, 0.4) is 0 Å². The molecule has 0 amide bonds. The Morgan fingerprint density at radius 3 is 2.41 bits per heavy atom. The fraction of sp³-hybridized carbons (Fsp3) is 0.625. The van der Waals surface area contributed by atoms with E-state index in [9.17, 15) is 0 Å². The monoisotopic (exact) mass is 231 g/mol. The summed E-state index contributed by atoms with van der Waals surface area (Å²) in [7, 11) is 0. The fourth-order valence-electron chi connectivity index (χ4n) is 2.78. The fourth-order valence-corrected chi connectivity index (χ4v) is 2.78. The topological polar surface area (TPSA) is 12.0 Å². The molecule has 0 heterocycles. The highest BCUT2D eigenvalue weighted by atomic mass is 14.9. The van der Waals surface area contributed by atoms with Crippen LogP contribution in [0, 0.1) is 19.8 Å². The predicted molar refractivity (Wildman–Crippen MR) is 74.3 cm³/mol. The van der Waals surface area contributed by atoms with E-state index >= 15 is 0 Å². The van der Waals surface area contributed by atoms with Gasteiger partial charge in [-0.1, -0.05) is 38.0 Å². The summed E-state index contributed by atoms with van der Waals surface area (Å²) < 4.78 is 0. The van der Waals surface area contributed by atoms with Crippen molar-refractivity contribution in [2.75, 3.05) is 6.54 Å². The standard InChI is InChI=1S/C16H25N/c1-4-17-15(11-10-14-8-9-14)16-12(2)6-5-7-13(16)3/h5-7,14-15,17H,4,8-11H2,1-3H3. The van der Waals surface area contributed by atoms with E-state index in [0.29, 0.717) is 6.04 Å². The summed E-state index contributed by atoms with van der Waals surface area (Å²) in [5.41, 5.74) is 4.41. The van der Waals surface area contributed by atoms with Crippen LogP contribution in [0.5, 0.6) is 0 Å². The van der Waals surface area contributed by atoms with Gasteiger partial charge in [-0.2, -0.15) is 0 Å². The van der Waals surface area contributed by atoms with Crippen LogP contribution in [0.25, 0.3) is 0 Å². The van der Waals surface area contributed by atoms with Crippen molar-refractivity contribution in [3.8, 4) is 0 Å². The van der Waals surface area contributed by atoms with E-state index < -0.39 is 0 Å². The summed E-state index contributed by atoms with van der Waals surface area (Å²) in [6.07, 6.45) is 5.62. The minimum atomic E-state index is 0.557. The van der Waals surface area contributed by atoms with E-state index in [1.54, 1.807) is 0 Å². The van der Waals surface area contributed by atoms with Gasteiger partial charge in [0, 0.05) is 6.04 Å². The van der Waals surface area contributed by atoms with Crippen molar-refractivity contribution in [3.63, 3.8) is 0 Å². The Morgan fingerprint density at radius 1 is 1.24 bits per heavy atom. The molecule has 1 aliphatic rings. The number of hydrogen-bond acceptors (Lipinski definition) is 1. The first-order valence-corrected chi connectivity index (χ1v) is 7.02. The molecule has 0 bridgehead atoms. The number of nitrogens with one attached hydrogen (secondary N) is 1. The molecule has 0 aromatic heterocycles. The van der Waals surface area contributed by atoms with E-state index in [4.69, 9.17) is 0 Å². The molecule has 1 nitrogen and oxygen atoms in total. The van der Waals surface area contributed by atoms with Crippen LogP contribution in [0.1, 0.15) is 55.3 Å². The van der Waals surface area contributed by atoms with Gasteiger partial charge in [0.05, 0.1) is 0 Å². The first-order chi connectivity index (χ1) is 8.22. The first kappa shape index (κ1) is 12.6. The Kier molecular flexibility index (Phi) is 4.22. The molecule has 0 saturated heterocycles. The first-order valence-electron chi connectivity index (χ1n) is 7.02. The van der Waals surface area contributed by atoms with Crippen LogP contribution in [-0.4, -0.2) is 6.54 Å². The molecule has 1 unspecified atom stereocenters. The lowest BCUT2D eigenvalue weighted by Crippen LogP contribution is -2.22. The van der Waals surface area contributed by atoms with Gasteiger partial charge in [0.1, 0.15) is 0 Å². The zero-order valence-electron chi connectivity index (χ0n) is 11.4. The highest BCUT2D eigenvalue weighted by Gasteiger charge is 2.23. The number of rotatable bonds is 6. The van der Waals surface area contributed by atoms with Crippen molar-refractivity contribution >= 4 is 0 Å². The lowest BCUT2D eigenvalue weighted by molar-refractivity contribution is 0.478. The summed E-state index contributed by atoms with van der Waals surface area (Å²) in [5.74, 6) is 1.03. The molecule has 1 aromatic carbocycles. The summed E-state index contributed by atoms with van der Waals surface area (Å²) in [6.45, 7) is 7.74. The summed E-state index contributed by atoms with van der Waals surface area (Å²) in [6, 6.07) is 7.20. The Labute approximate surface area is 106 Å². The van der Waals surface area contributed by atoms with Gasteiger partial charge >= 0.3 is 0 Å². The summed E-state index contributed by atoms with van der Waals surface area (Å²) in [5, 5.41) is 3.66. The predicted octanol–water partition coefficient (Wildman–Crippen LogP) is 4.14. The molecule has 0 spiro atoms. The summed E-state index contributed by atoms with van der Waals surface area (Å²) in [4.78, 5) is 0. The molecule has 1 saturated carbocycles. The smallest absolute Gasteiger partial charge is 0.0325 e. The van der Waals surface area contributed by atoms with Gasteiger partial charge in [0.15, 0.2) is 0 Å². The lowest BCUT2D eigenvalue weighted by atomic mass is 9.92. The maximum atomic E-state index is 3.66. The average molecular weight is 231 g/mol. The maximum absolute atomic E-state index is 3.66. The number of benzene rings is 1. The van der Waals surface area contributed by atoms with Crippen molar-refractivity contribution in [1.29, 1.82) is 0 Å². The highest BCUT2D eigenvalue weighted by Crippen LogP contribution is 2.36. The van der Waals surface area contributed by atoms with Crippen molar-refractivity contribution < 1.29 is 0 Å². The van der Waals surface area contributed by atoms with Gasteiger partial charge in [-0.25, -0.2) is 0 Å². The molecule has 1 heteroatoms. The normalized spacial score (nSPS) is 17.1. The molecule has 1 aliphatic carbocycles. The molecule has 1 N–H and O–H groups in total. The van der Waals surface area contributed by atoms with Gasteiger partial charge in [0.2, 0.25) is 0 Å². The van der Waals surface area contributed by atoms with E-state index in [1.165, 1.54) is 42.4 Å². The van der Waals surface area contributed by atoms with E-state index in [0.717, 1.165) is 12.5 Å². The Bertz CT molecular complexity index is 346. The van der Waals surface area contributed by atoms with Crippen LogP contribution in [-0.2, 0) is 0 Å². The minimum absolute atomic E-state index is 0.557. The highest BCUT2D eigenvalue weighted by molar-refractivity contribution is 5.36. The molecular formula is C16H25N. The van der Waals surface area contributed by atoms with Crippen LogP contribution < -0.4 is 5.32 Å². The number of hydrogen-bond donors (Lipinski definition) is 1. The van der Waals surface area contributed by atoms with E-state index in [-0.39, 0.29) is 0 Å². The molecule has 1 aromatic rings. The molecule has 1 fully saturated rings. The van der Waals surface area contributed by atoms with Crippen molar-refractivity contribution in [1.82, 2.24) is 5.32 Å². The molecule has 0 radical (unpaired) electrons. The van der Waals surface area contributed by atoms with Gasteiger partial charge in [0.25, 0.3) is 0 Å². The molecule has 1 atom stereocenters. The van der Waals surface area contributed by atoms with Gasteiger partial charge in [-0.15, -0.1) is 0 Å². The SMILES string of the molecule is CCNC(CCC1CC1)c1c(C)cccc1C. The van der Waals surface area contributed by atoms with Crippen LogP contribution in [0.4, 0.5) is 0 Å². The van der Waals surface area contributed by atoms with Crippen LogP contribution in [0.15, 0.2) is 18.2 Å². The molecule has 17 heavy (non-hydrogen) atoms. The van der Waals surface area contributed by atoms with Crippen LogP contribution >= 0.6 is 0 Å². The Hall–Kier alpha value is -0.820. The third kappa shape index (κ3) is 3.32. The zero-order valence-corrected chi connectivity index (χ0v) is 11.4. The van der Waals surface area contributed by atoms with Gasteiger partial charge < -0.3 is 5.32 Å². The number of aryl methyl sites for hydroxylation is 2. The molecule has 0 aliphatic heterocycles. The minimum Gasteiger partial charge on any atom is -0.310 e. The third-order valence-electron chi connectivity index (χ3n) is 3.90. The second-order valence-corrected chi connectivity index (χ2v) is 5.44. The second kappa shape index (κ2) is 5.68. The summed E-state index contributed by atoms with van der Waals surface area (Å²) >= 11 is 0. The maximum Gasteiger partial charge on any atom is 0.0325 e. The molecule has 94 valence electrons. The van der Waals surface area contributed by atoms with E-state index in [1.807, 2.05) is 0 Å². The van der Waals surface area contributed by atoms with Crippen molar-refractivity contribution in [2.24, 2.45) is 5.92 Å². The second-order valence-electron chi connectivity index (χ2n) is 5.44. The largest absolute Gasteiger partial charge is 0.310 e. The van der Waals surface area contributed by atoms with Gasteiger partial charge in [-0.3, -0.25) is 0 Å². The quantitative estimate of drug-likeness (QED) is 0.775. The van der Waals surface area contributed by atoms with Gasteiger partial charge in [-0.05, 0) is 55.8 Å². The van der Waals surface area contributed by atoms with Crippen molar-refractivity contribution in [2.45, 2.75) is 52.5 Å². The zero-order chi connectivity index (χ0) is 12.3. The van der Waals surface area contributed by atoms with E-state index in [2.05, 4.69) is 44.3 Å². The Morgan fingerprint density at radius 2 is 1.88 bits per heavy atom.